The smallest absolute Gasteiger partial charge is 0.185 e. The first-order valence-corrected chi connectivity index (χ1v) is 6.91. The number of aromatic nitrogens is 4. The number of tetrazole rings is 1. The molecule has 2 aromatic rings. The zero-order chi connectivity index (χ0) is 14.3. The standard InChI is InChI=1S/C14H18FN5/c1-8-3-6-13(9(8)2)20-14(17-18-19-20)11-7-10(16)4-5-12(11)15/h4-5,7-9,13H,3,6,16H2,1-2H3. The van der Waals surface area contributed by atoms with Gasteiger partial charge in [-0.25, -0.2) is 9.07 Å². The Hall–Kier alpha value is -1.98. The molecule has 3 atom stereocenters. The molecule has 1 fully saturated rings. The summed E-state index contributed by atoms with van der Waals surface area (Å²) in [5.41, 5.74) is 6.61. The van der Waals surface area contributed by atoms with Crippen molar-refractivity contribution in [3.05, 3.63) is 24.0 Å². The molecule has 3 rings (SSSR count). The summed E-state index contributed by atoms with van der Waals surface area (Å²) in [4.78, 5) is 0. The molecule has 0 radical (unpaired) electrons. The fraction of sp³-hybridized carbons (Fsp3) is 0.500. The number of halogens is 1. The van der Waals surface area contributed by atoms with Gasteiger partial charge in [-0.15, -0.1) is 5.10 Å². The molecule has 0 bridgehead atoms. The number of hydrogen-bond donors (Lipinski definition) is 1. The first kappa shape index (κ1) is 13.0. The Kier molecular flexibility index (Phi) is 3.16. The van der Waals surface area contributed by atoms with Crippen LogP contribution in [-0.2, 0) is 0 Å². The van der Waals surface area contributed by atoms with Gasteiger partial charge in [-0.3, -0.25) is 0 Å². The van der Waals surface area contributed by atoms with E-state index >= 15 is 0 Å². The molecule has 1 aliphatic carbocycles. The summed E-state index contributed by atoms with van der Waals surface area (Å²) in [5.74, 6) is 1.21. The van der Waals surface area contributed by atoms with Gasteiger partial charge in [-0.2, -0.15) is 0 Å². The number of nitrogens with zero attached hydrogens (tertiary/aromatic N) is 4. The quantitative estimate of drug-likeness (QED) is 0.855. The van der Waals surface area contributed by atoms with Gasteiger partial charge in [0, 0.05) is 5.69 Å². The van der Waals surface area contributed by atoms with Crippen molar-refractivity contribution in [3.63, 3.8) is 0 Å². The van der Waals surface area contributed by atoms with Crippen molar-refractivity contribution in [3.8, 4) is 11.4 Å². The lowest BCUT2D eigenvalue weighted by Gasteiger charge is -2.19. The van der Waals surface area contributed by atoms with E-state index in [1.165, 1.54) is 12.1 Å². The van der Waals surface area contributed by atoms with Crippen LogP contribution in [-0.4, -0.2) is 20.2 Å². The van der Waals surface area contributed by atoms with E-state index < -0.39 is 0 Å². The second-order valence-corrected chi connectivity index (χ2v) is 5.67. The molecule has 5 nitrogen and oxygen atoms in total. The van der Waals surface area contributed by atoms with Crippen molar-refractivity contribution in [2.45, 2.75) is 32.7 Å². The van der Waals surface area contributed by atoms with E-state index in [0.29, 0.717) is 28.9 Å². The third-order valence-electron chi connectivity index (χ3n) is 4.46. The number of anilines is 1. The molecule has 20 heavy (non-hydrogen) atoms. The SMILES string of the molecule is CC1CCC(n2nnnc2-c2cc(N)ccc2F)C1C. The summed E-state index contributed by atoms with van der Waals surface area (Å²) >= 11 is 0. The molecular weight excluding hydrogens is 257 g/mol. The van der Waals surface area contributed by atoms with Crippen molar-refractivity contribution in [2.75, 3.05) is 5.73 Å². The Morgan fingerprint density at radius 3 is 2.80 bits per heavy atom. The van der Waals surface area contributed by atoms with Crippen LogP contribution in [0.1, 0.15) is 32.7 Å². The molecule has 0 amide bonds. The highest BCUT2D eigenvalue weighted by Crippen LogP contribution is 2.41. The van der Waals surface area contributed by atoms with E-state index in [9.17, 15) is 4.39 Å². The molecule has 0 aliphatic heterocycles. The minimum atomic E-state index is -0.353. The largest absolute Gasteiger partial charge is 0.399 e. The maximum absolute atomic E-state index is 14.0. The van der Waals surface area contributed by atoms with Crippen LogP contribution in [0.25, 0.3) is 11.4 Å². The first-order chi connectivity index (χ1) is 9.58. The molecule has 1 heterocycles. The number of nitrogens with two attached hydrogens (primary N) is 1. The van der Waals surface area contributed by atoms with Crippen molar-refractivity contribution in [1.29, 1.82) is 0 Å². The number of rotatable bonds is 2. The van der Waals surface area contributed by atoms with E-state index in [4.69, 9.17) is 5.73 Å². The fourth-order valence-corrected chi connectivity index (χ4v) is 2.99. The summed E-state index contributed by atoms with van der Waals surface area (Å²) in [7, 11) is 0. The van der Waals surface area contributed by atoms with Crippen molar-refractivity contribution in [2.24, 2.45) is 11.8 Å². The third kappa shape index (κ3) is 2.05. The zero-order valence-corrected chi connectivity index (χ0v) is 11.6. The van der Waals surface area contributed by atoms with Gasteiger partial charge >= 0.3 is 0 Å². The lowest BCUT2D eigenvalue weighted by Crippen LogP contribution is -2.17. The van der Waals surface area contributed by atoms with Crippen LogP contribution >= 0.6 is 0 Å². The summed E-state index contributed by atoms with van der Waals surface area (Å²) in [6.45, 7) is 4.43. The Labute approximate surface area is 117 Å². The van der Waals surface area contributed by atoms with Crippen molar-refractivity contribution < 1.29 is 4.39 Å². The van der Waals surface area contributed by atoms with Crippen LogP contribution in [0, 0.1) is 17.7 Å². The van der Waals surface area contributed by atoms with Gasteiger partial charge in [0.15, 0.2) is 5.82 Å². The molecule has 1 aromatic carbocycles. The second-order valence-electron chi connectivity index (χ2n) is 5.67. The monoisotopic (exact) mass is 275 g/mol. The van der Waals surface area contributed by atoms with E-state index in [1.807, 2.05) is 0 Å². The van der Waals surface area contributed by atoms with E-state index in [2.05, 4.69) is 29.4 Å². The molecule has 106 valence electrons. The summed E-state index contributed by atoms with van der Waals surface area (Å²) in [6, 6.07) is 4.69. The van der Waals surface area contributed by atoms with Gasteiger partial charge in [-0.05, 0) is 53.3 Å². The van der Waals surface area contributed by atoms with Gasteiger partial charge in [0.25, 0.3) is 0 Å². The Balaban J connectivity index is 2.04. The predicted octanol–water partition coefficient (Wildman–Crippen LogP) is 2.67. The Morgan fingerprint density at radius 1 is 1.30 bits per heavy atom. The third-order valence-corrected chi connectivity index (χ3v) is 4.46. The second kappa shape index (κ2) is 4.85. The first-order valence-electron chi connectivity index (χ1n) is 6.91. The normalized spacial score (nSPS) is 26.1. The van der Waals surface area contributed by atoms with Crippen LogP contribution in [0.5, 0.6) is 0 Å². The molecule has 6 heteroatoms. The maximum atomic E-state index is 14.0. The summed E-state index contributed by atoms with van der Waals surface area (Å²) in [5, 5.41) is 11.8. The number of hydrogen-bond acceptors (Lipinski definition) is 4. The van der Waals surface area contributed by atoms with Crippen LogP contribution in [0.3, 0.4) is 0 Å². The molecule has 0 spiro atoms. The van der Waals surface area contributed by atoms with E-state index in [-0.39, 0.29) is 11.9 Å². The molecule has 1 aliphatic rings. The lowest BCUT2D eigenvalue weighted by atomic mass is 9.98. The predicted molar refractivity (Wildman–Crippen MR) is 74.2 cm³/mol. The molecule has 1 saturated carbocycles. The zero-order valence-electron chi connectivity index (χ0n) is 11.6. The fourth-order valence-electron chi connectivity index (χ4n) is 2.99. The van der Waals surface area contributed by atoms with Crippen molar-refractivity contribution in [1.82, 2.24) is 20.2 Å². The van der Waals surface area contributed by atoms with Gasteiger partial charge < -0.3 is 5.73 Å². The highest BCUT2D eigenvalue weighted by molar-refractivity contribution is 5.61. The molecule has 3 unspecified atom stereocenters. The van der Waals surface area contributed by atoms with Crippen LogP contribution in [0.15, 0.2) is 18.2 Å². The number of nitrogen functional groups attached to an aromatic ring is 1. The van der Waals surface area contributed by atoms with Gasteiger partial charge in [0.2, 0.25) is 0 Å². The topological polar surface area (TPSA) is 69.6 Å². The molecular formula is C14H18FN5. The summed E-state index contributed by atoms with van der Waals surface area (Å²) in [6.07, 6.45) is 2.16. The lowest BCUT2D eigenvalue weighted by molar-refractivity contribution is 0.328. The Bertz CT molecular complexity index is 624. The average Bonchev–Trinajstić information content (AvgIpc) is 3.01. The Morgan fingerprint density at radius 2 is 2.10 bits per heavy atom. The minimum absolute atomic E-state index is 0.218. The highest BCUT2D eigenvalue weighted by Gasteiger charge is 2.34. The summed E-state index contributed by atoms with van der Waals surface area (Å²) < 4.78 is 15.8. The van der Waals surface area contributed by atoms with Gasteiger partial charge in [0.05, 0.1) is 11.6 Å². The molecule has 1 aromatic heterocycles. The van der Waals surface area contributed by atoms with Gasteiger partial charge in [0.1, 0.15) is 5.82 Å². The highest BCUT2D eigenvalue weighted by atomic mass is 19.1. The van der Waals surface area contributed by atoms with Crippen LogP contribution < -0.4 is 5.73 Å². The number of benzene rings is 1. The van der Waals surface area contributed by atoms with Crippen LogP contribution in [0.2, 0.25) is 0 Å². The van der Waals surface area contributed by atoms with E-state index in [1.54, 1.807) is 10.7 Å². The van der Waals surface area contributed by atoms with E-state index in [0.717, 1.165) is 12.8 Å². The van der Waals surface area contributed by atoms with Crippen molar-refractivity contribution >= 4 is 5.69 Å². The molecule has 2 N–H and O–H groups in total. The minimum Gasteiger partial charge on any atom is -0.399 e. The average molecular weight is 275 g/mol. The van der Waals surface area contributed by atoms with Gasteiger partial charge in [-0.1, -0.05) is 13.8 Å². The maximum Gasteiger partial charge on any atom is 0.185 e. The molecule has 0 saturated heterocycles. The van der Waals surface area contributed by atoms with Crippen LogP contribution in [0.4, 0.5) is 10.1 Å².